The number of carbonyl (C=O) groups excluding carboxylic acids is 2. The van der Waals surface area contributed by atoms with Crippen LogP contribution in [0.3, 0.4) is 0 Å². The summed E-state index contributed by atoms with van der Waals surface area (Å²) in [5.74, 6) is -0.755. The van der Waals surface area contributed by atoms with Crippen LogP contribution < -0.4 is 15.0 Å². The Hall–Kier alpha value is -3.34. The third-order valence-corrected chi connectivity index (χ3v) is 7.92. The molecular weight excluding hydrogens is 565 g/mol. The summed E-state index contributed by atoms with van der Waals surface area (Å²) < 4.78 is 32.2. The first-order chi connectivity index (χ1) is 19.1. The molecule has 2 aromatic heterocycles. The minimum absolute atomic E-state index is 0.0705. The fourth-order valence-corrected chi connectivity index (χ4v) is 5.78. The first-order valence-electron chi connectivity index (χ1n) is 12.7. The molecule has 3 aromatic rings. The largest absolute Gasteiger partial charge is 0.496 e. The summed E-state index contributed by atoms with van der Waals surface area (Å²) in [6, 6.07) is 9.23. The molecule has 2 amide bonds. The molecule has 0 radical (unpaired) electrons. The predicted molar refractivity (Wildman–Crippen MR) is 145 cm³/mol. The molecule has 1 aromatic carbocycles. The number of halogens is 4. The number of fused-ring (bicyclic) bond motifs is 1. The molecule has 40 heavy (non-hydrogen) atoms. The van der Waals surface area contributed by atoms with E-state index in [-0.39, 0.29) is 28.2 Å². The number of aliphatic hydroxyl groups is 1. The number of anilines is 1. The Labute approximate surface area is 239 Å². The van der Waals surface area contributed by atoms with Crippen molar-refractivity contribution in [2.45, 2.75) is 43.8 Å². The van der Waals surface area contributed by atoms with Gasteiger partial charge < -0.3 is 20.1 Å². The Balaban J connectivity index is 1.31. The molecule has 0 saturated heterocycles. The third kappa shape index (κ3) is 5.11. The maximum Gasteiger partial charge on any atom is 0.281 e. The van der Waals surface area contributed by atoms with Crippen molar-refractivity contribution in [1.29, 1.82) is 0 Å². The summed E-state index contributed by atoms with van der Waals surface area (Å²) in [5.41, 5.74) is -1.91. The smallest absolute Gasteiger partial charge is 0.281 e. The van der Waals surface area contributed by atoms with Gasteiger partial charge >= 0.3 is 0 Å². The van der Waals surface area contributed by atoms with Crippen LogP contribution in [0.1, 0.15) is 59.4 Å². The number of rotatable bonds is 7. The van der Waals surface area contributed by atoms with Crippen LogP contribution in [0.25, 0.3) is 0 Å². The lowest BCUT2D eigenvalue weighted by atomic mass is 9.85. The van der Waals surface area contributed by atoms with Crippen LogP contribution in [0.15, 0.2) is 48.8 Å². The monoisotopic (exact) mass is 590 g/mol. The van der Waals surface area contributed by atoms with Crippen molar-refractivity contribution in [2.24, 2.45) is 5.92 Å². The Morgan fingerprint density at radius 1 is 1.15 bits per heavy atom. The summed E-state index contributed by atoms with van der Waals surface area (Å²) in [4.78, 5) is 36.0. The maximum absolute atomic E-state index is 13.8. The van der Waals surface area contributed by atoms with Crippen molar-refractivity contribution >= 4 is 40.7 Å². The number of aromatic nitrogens is 2. The standard InChI is InChI=1S/C28H26Cl2F2N4O4/c1-40-21-4-2-3-20-23(21)28(39,22-10-7-16(29)12-33-22)27(38)36(20)14-15-5-8-18(9-6-15)35-26(37)19-11-17(30)13-34-24(19)25(31)32/h2-4,7,10-13,15,18,25,39H,5-6,8-9,14H2,1H3,(H,35,37)/t15-,18-,28?. The zero-order chi connectivity index (χ0) is 28.6. The topological polar surface area (TPSA) is 105 Å². The fraction of sp³-hybridized carbons (Fsp3) is 0.357. The highest BCUT2D eigenvalue weighted by Gasteiger charge is 2.54. The van der Waals surface area contributed by atoms with E-state index in [9.17, 15) is 23.5 Å². The predicted octanol–water partition coefficient (Wildman–Crippen LogP) is 5.30. The van der Waals surface area contributed by atoms with Gasteiger partial charge in [0.15, 0.2) is 0 Å². The first kappa shape index (κ1) is 28.2. The van der Waals surface area contributed by atoms with Gasteiger partial charge in [-0.05, 0) is 61.9 Å². The molecule has 2 aliphatic rings. The van der Waals surface area contributed by atoms with E-state index < -0.39 is 29.5 Å². The molecule has 0 bridgehead atoms. The summed E-state index contributed by atoms with van der Waals surface area (Å²) >= 11 is 11.9. The average molecular weight is 591 g/mol. The van der Waals surface area contributed by atoms with Gasteiger partial charge in [0, 0.05) is 25.0 Å². The number of hydrogen-bond acceptors (Lipinski definition) is 6. The highest BCUT2D eigenvalue weighted by molar-refractivity contribution is 6.31. The molecule has 210 valence electrons. The fourth-order valence-electron chi connectivity index (χ4n) is 5.51. The number of methoxy groups -OCH3 is 1. The van der Waals surface area contributed by atoms with Crippen molar-refractivity contribution in [1.82, 2.24) is 15.3 Å². The van der Waals surface area contributed by atoms with Gasteiger partial charge in [-0.2, -0.15) is 0 Å². The first-order valence-corrected chi connectivity index (χ1v) is 13.5. The van der Waals surface area contributed by atoms with E-state index in [1.165, 1.54) is 25.4 Å². The van der Waals surface area contributed by atoms with E-state index in [4.69, 9.17) is 27.9 Å². The van der Waals surface area contributed by atoms with Crippen molar-refractivity contribution < 1.29 is 28.2 Å². The summed E-state index contributed by atoms with van der Waals surface area (Å²) in [5, 5.41) is 15.1. The van der Waals surface area contributed by atoms with Crippen LogP contribution in [0, 0.1) is 5.92 Å². The number of pyridine rings is 2. The SMILES string of the molecule is COc1cccc2c1C(O)(c1ccc(Cl)cn1)C(=O)N2C[C@H]1CC[C@H](NC(=O)c2cc(Cl)cnc2C(F)F)CC1. The number of alkyl halides is 2. The average Bonchev–Trinajstić information content (AvgIpc) is 3.16. The van der Waals surface area contributed by atoms with E-state index in [1.54, 1.807) is 29.2 Å². The summed E-state index contributed by atoms with van der Waals surface area (Å²) in [7, 11) is 1.47. The Morgan fingerprint density at radius 2 is 1.88 bits per heavy atom. The number of nitrogens with zero attached hydrogens (tertiary/aromatic N) is 3. The number of nitrogens with one attached hydrogen (secondary N) is 1. The molecule has 3 heterocycles. The van der Waals surface area contributed by atoms with Crippen LogP contribution in [-0.2, 0) is 10.4 Å². The molecule has 1 aliphatic carbocycles. The summed E-state index contributed by atoms with van der Waals surface area (Å²) in [6.45, 7) is 0.337. The van der Waals surface area contributed by atoms with Crippen molar-refractivity contribution in [3.05, 3.63) is 81.4 Å². The van der Waals surface area contributed by atoms with Crippen LogP contribution in [0.5, 0.6) is 5.75 Å². The van der Waals surface area contributed by atoms with E-state index >= 15 is 0 Å². The Kier molecular flexibility index (Phi) is 7.94. The van der Waals surface area contributed by atoms with Gasteiger partial charge in [0.1, 0.15) is 11.4 Å². The van der Waals surface area contributed by atoms with E-state index in [1.807, 2.05) is 0 Å². The summed E-state index contributed by atoms with van der Waals surface area (Å²) in [6.07, 6.45) is 2.06. The van der Waals surface area contributed by atoms with Crippen LogP contribution in [0.2, 0.25) is 10.0 Å². The zero-order valence-corrected chi connectivity index (χ0v) is 22.9. The van der Waals surface area contributed by atoms with Gasteiger partial charge in [-0.15, -0.1) is 0 Å². The number of carbonyl (C=O) groups is 2. The van der Waals surface area contributed by atoms with Crippen LogP contribution >= 0.6 is 23.2 Å². The van der Waals surface area contributed by atoms with Gasteiger partial charge in [0.2, 0.25) is 5.60 Å². The highest BCUT2D eigenvalue weighted by atomic mass is 35.5. The van der Waals surface area contributed by atoms with E-state index in [2.05, 4.69) is 15.3 Å². The Bertz CT molecular complexity index is 1430. The second kappa shape index (κ2) is 11.3. The normalized spacial score (nSPS) is 22.4. The zero-order valence-electron chi connectivity index (χ0n) is 21.4. The van der Waals surface area contributed by atoms with Crippen molar-refractivity contribution in [3.63, 3.8) is 0 Å². The molecule has 1 saturated carbocycles. The second-order valence-corrected chi connectivity index (χ2v) is 10.8. The number of amides is 2. The lowest BCUT2D eigenvalue weighted by Crippen LogP contribution is -2.45. The molecule has 0 spiro atoms. The number of benzene rings is 1. The minimum Gasteiger partial charge on any atom is -0.496 e. The molecule has 1 aliphatic heterocycles. The number of hydrogen-bond donors (Lipinski definition) is 2. The Morgan fingerprint density at radius 3 is 2.52 bits per heavy atom. The third-order valence-electron chi connectivity index (χ3n) is 7.49. The van der Waals surface area contributed by atoms with Gasteiger partial charge in [-0.3, -0.25) is 19.6 Å². The molecule has 8 nitrogen and oxygen atoms in total. The minimum atomic E-state index is -2.91. The highest BCUT2D eigenvalue weighted by Crippen LogP contribution is 2.49. The van der Waals surface area contributed by atoms with Gasteiger partial charge in [0.25, 0.3) is 18.2 Å². The molecular formula is C28H26Cl2F2N4O4. The van der Waals surface area contributed by atoms with E-state index in [0.29, 0.717) is 54.3 Å². The molecule has 5 rings (SSSR count). The van der Waals surface area contributed by atoms with Crippen LogP contribution in [0.4, 0.5) is 14.5 Å². The van der Waals surface area contributed by atoms with E-state index in [0.717, 1.165) is 6.20 Å². The molecule has 2 N–H and O–H groups in total. The van der Waals surface area contributed by atoms with Crippen LogP contribution in [-0.4, -0.2) is 46.6 Å². The molecule has 12 heteroatoms. The lowest BCUT2D eigenvalue weighted by Gasteiger charge is -2.32. The van der Waals surface area contributed by atoms with Crippen molar-refractivity contribution in [2.75, 3.05) is 18.6 Å². The number of ether oxygens (including phenoxy) is 1. The quantitative estimate of drug-likeness (QED) is 0.387. The van der Waals surface area contributed by atoms with Crippen molar-refractivity contribution in [3.8, 4) is 5.75 Å². The second-order valence-electron chi connectivity index (χ2n) is 9.92. The van der Waals surface area contributed by atoms with Gasteiger partial charge in [-0.25, -0.2) is 8.78 Å². The lowest BCUT2D eigenvalue weighted by molar-refractivity contribution is -0.132. The van der Waals surface area contributed by atoms with Gasteiger partial charge in [0.05, 0.1) is 39.7 Å². The maximum atomic E-state index is 13.8. The van der Waals surface area contributed by atoms with Gasteiger partial charge in [-0.1, -0.05) is 29.3 Å². The molecule has 1 atom stereocenters. The molecule has 1 unspecified atom stereocenters. The molecule has 1 fully saturated rings.